The first-order valence-electron chi connectivity index (χ1n) is 13.5. The lowest BCUT2D eigenvalue weighted by Gasteiger charge is -2.38. The summed E-state index contributed by atoms with van der Waals surface area (Å²) in [6, 6.07) is 15.4. The molecule has 7 nitrogen and oxygen atoms in total. The Morgan fingerprint density at radius 2 is 1.76 bits per heavy atom. The maximum atomic E-state index is 13.6. The summed E-state index contributed by atoms with van der Waals surface area (Å²) in [6.07, 6.45) is 3.88. The average Bonchev–Trinajstić information content (AvgIpc) is 3.53. The fourth-order valence-electron chi connectivity index (χ4n) is 5.87. The number of anilines is 1. The molecule has 3 aliphatic rings. The number of aromatic nitrogens is 1. The predicted octanol–water partition coefficient (Wildman–Crippen LogP) is 5.08. The highest BCUT2D eigenvalue weighted by molar-refractivity contribution is 7.10. The van der Waals surface area contributed by atoms with E-state index in [1.165, 1.54) is 16.2 Å². The van der Waals surface area contributed by atoms with Crippen molar-refractivity contribution >= 4 is 34.7 Å². The van der Waals surface area contributed by atoms with Gasteiger partial charge in [-0.1, -0.05) is 43.3 Å². The smallest absolute Gasteiger partial charge is 0.264 e. The first-order valence-corrected chi connectivity index (χ1v) is 14.4. The Labute approximate surface area is 227 Å². The van der Waals surface area contributed by atoms with Gasteiger partial charge in [0, 0.05) is 37.1 Å². The molecule has 1 atom stereocenters. The molecule has 2 aromatic carbocycles. The number of imide groups is 1. The molecule has 0 spiro atoms. The SMILES string of the molecule is CC1CCN(C(=O)C2CCCN(c3cccc4c3C(=O)N(Cc3nc(-c5ccccc5)cs3)C4=O)C2)CC1. The molecule has 4 heterocycles. The van der Waals surface area contributed by atoms with Crippen molar-refractivity contribution in [3.05, 3.63) is 70.0 Å². The molecular formula is C30H32N4O3S. The number of benzene rings is 2. The zero-order valence-electron chi connectivity index (χ0n) is 21.6. The van der Waals surface area contributed by atoms with E-state index in [2.05, 4.69) is 16.8 Å². The number of thiazole rings is 1. The van der Waals surface area contributed by atoms with Crippen LogP contribution in [0.2, 0.25) is 0 Å². The van der Waals surface area contributed by atoms with E-state index in [-0.39, 0.29) is 30.2 Å². The quantitative estimate of drug-likeness (QED) is 0.432. The molecule has 1 unspecified atom stereocenters. The number of fused-ring (bicyclic) bond motifs is 1. The van der Waals surface area contributed by atoms with Gasteiger partial charge in [-0.2, -0.15) is 0 Å². The van der Waals surface area contributed by atoms with Crippen LogP contribution in [0.4, 0.5) is 5.69 Å². The highest BCUT2D eigenvalue weighted by Crippen LogP contribution is 2.36. The van der Waals surface area contributed by atoms with Crippen molar-refractivity contribution in [2.75, 3.05) is 31.1 Å². The van der Waals surface area contributed by atoms with Crippen LogP contribution in [0.5, 0.6) is 0 Å². The third-order valence-corrected chi connectivity index (χ3v) is 8.93. The molecule has 6 rings (SSSR count). The van der Waals surface area contributed by atoms with E-state index in [0.29, 0.717) is 23.6 Å². The van der Waals surface area contributed by atoms with Crippen LogP contribution in [0.1, 0.15) is 58.3 Å². The van der Waals surface area contributed by atoms with Gasteiger partial charge < -0.3 is 9.80 Å². The zero-order valence-corrected chi connectivity index (χ0v) is 22.5. The minimum absolute atomic E-state index is 0.0805. The first kappa shape index (κ1) is 24.8. The Hall–Kier alpha value is -3.52. The highest BCUT2D eigenvalue weighted by Gasteiger charge is 2.40. The molecule has 1 aromatic heterocycles. The molecular weight excluding hydrogens is 496 g/mol. The summed E-state index contributed by atoms with van der Waals surface area (Å²) in [6.45, 7) is 5.42. The van der Waals surface area contributed by atoms with Crippen LogP contribution >= 0.6 is 11.3 Å². The van der Waals surface area contributed by atoms with E-state index in [9.17, 15) is 14.4 Å². The summed E-state index contributed by atoms with van der Waals surface area (Å²) in [5.41, 5.74) is 3.50. The number of piperidine rings is 2. The van der Waals surface area contributed by atoms with Gasteiger partial charge in [0.1, 0.15) is 5.01 Å². The average molecular weight is 529 g/mol. The second-order valence-corrected chi connectivity index (χ2v) is 11.6. The van der Waals surface area contributed by atoms with Crippen LogP contribution in [0.25, 0.3) is 11.3 Å². The third kappa shape index (κ3) is 4.62. The Kier molecular flexibility index (Phi) is 6.74. The van der Waals surface area contributed by atoms with Gasteiger partial charge in [0.15, 0.2) is 0 Å². The maximum absolute atomic E-state index is 13.6. The van der Waals surface area contributed by atoms with Crippen molar-refractivity contribution in [2.24, 2.45) is 11.8 Å². The van der Waals surface area contributed by atoms with E-state index >= 15 is 0 Å². The standard InChI is InChI=1S/C30H32N4O3S/c1-20-12-15-32(16-13-20)28(35)22-9-6-14-33(17-22)25-11-5-10-23-27(25)30(37)34(29(23)36)18-26-31-24(19-38-26)21-7-3-2-4-8-21/h2-5,7-8,10-11,19-20,22H,6,9,12-18H2,1H3. The molecule has 0 N–H and O–H groups in total. The number of likely N-dealkylation sites (tertiary alicyclic amines) is 1. The predicted molar refractivity (Wildman–Crippen MR) is 148 cm³/mol. The monoisotopic (exact) mass is 528 g/mol. The van der Waals surface area contributed by atoms with Gasteiger partial charge in [-0.3, -0.25) is 19.3 Å². The summed E-state index contributed by atoms with van der Waals surface area (Å²) < 4.78 is 0. The molecule has 3 aliphatic heterocycles. The zero-order chi connectivity index (χ0) is 26.2. The fraction of sp³-hybridized carbons (Fsp3) is 0.400. The molecule has 2 fully saturated rings. The lowest BCUT2D eigenvalue weighted by molar-refractivity contribution is -0.137. The van der Waals surface area contributed by atoms with Crippen LogP contribution in [0.3, 0.4) is 0 Å². The van der Waals surface area contributed by atoms with E-state index in [1.54, 1.807) is 6.07 Å². The van der Waals surface area contributed by atoms with Crippen LogP contribution in [0, 0.1) is 11.8 Å². The van der Waals surface area contributed by atoms with Gasteiger partial charge in [-0.25, -0.2) is 4.98 Å². The van der Waals surface area contributed by atoms with Gasteiger partial charge in [-0.05, 0) is 43.7 Å². The lowest BCUT2D eigenvalue weighted by atomic mass is 9.92. The molecule has 0 aliphatic carbocycles. The van der Waals surface area contributed by atoms with Crippen molar-refractivity contribution in [2.45, 2.75) is 39.2 Å². The minimum atomic E-state index is -0.282. The van der Waals surface area contributed by atoms with Crippen molar-refractivity contribution in [3.8, 4) is 11.3 Å². The Morgan fingerprint density at radius 1 is 0.974 bits per heavy atom. The topological polar surface area (TPSA) is 73.8 Å². The molecule has 2 saturated heterocycles. The highest BCUT2D eigenvalue weighted by atomic mass is 32.1. The summed E-state index contributed by atoms with van der Waals surface area (Å²) >= 11 is 1.45. The fourth-order valence-corrected chi connectivity index (χ4v) is 6.66. The van der Waals surface area contributed by atoms with Crippen LogP contribution in [-0.4, -0.2) is 58.7 Å². The summed E-state index contributed by atoms with van der Waals surface area (Å²) in [5.74, 6) is 0.264. The maximum Gasteiger partial charge on any atom is 0.264 e. The van der Waals surface area contributed by atoms with E-state index in [4.69, 9.17) is 0 Å². The van der Waals surface area contributed by atoms with Gasteiger partial charge in [-0.15, -0.1) is 11.3 Å². The summed E-state index contributed by atoms with van der Waals surface area (Å²) in [7, 11) is 0. The first-order chi connectivity index (χ1) is 18.5. The number of nitrogens with zero attached hydrogens (tertiary/aromatic N) is 4. The van der Waals surface area contributed by atoms with E-state index < -0.39 is 0 Å². The molecule has 3 aromatic rings. The number of carbonyl (C=O) groups excluding carboxylic acids is 3. The largest absolute Gasteiger partial charge is 0.370 e. The van der Waals surface area contributed by atoms with Crippen molar-refractivity contribution in [1.82, 2.24) is 14.8 Å². The number of carbonyl (C=O) groups is 3. The molecule has 0 radical (unpaired) electrons. The molecule has 0 saturated carbocycles. The van der Waals surface area contributed by atoms with E-state index in [0.717, 1.165) is 67.3 Å². The van der Waals surface area contributed by atoms with Crippen molar-refractivity contribution < 1.29 is 14.4 Å². The van der Waals surface area contributed by atoms with Crippen molar-refractivity contribution in [1.29, 1.82) is 0 Å². The van der Waals surface area contributed by atoms with Gasteiger partial charge in [0.25, 0.3) is 11.8 Å². The van der Waals surface area contributed by atoms with Crippen LogP contribution in [-0.2, 0) is 11.3 Å². The molecule has 196 valence electrons. The summed E-state index contributed by atoms with van der Waals surface area (Å²) in [5, 5.41) is 2.68. The molecule has 38 heavy (non-hydrogen) atoms. The normalized spacial score (nSPS) is 20.2. The van der Waals surface area contributed by atoms with Gasteiger partial charge in [0.2, 0.25) is 5.91 Å². The van der Waals surface area contributed by atoms with Crippen LogP contribution < -0.4 is 4.90 Å². The molecule has 8 heteroatoms. The minimum Gasteiger partial charge on any atom is -0.370 e. The Balaban J connectivity index is 1.20. The second kappa shape index (κ2) is 10.3. The van der Waals surface area contributed by atoms with Crippen LogP contribution in [0.15, 0.2) is 53.9 Å². The summed E-state index contributed by atoms with van der Waals surface area (Å²) in [4.78, 5) is 50.4. The van der Waals surface area contributed by atoms with Gasteiger partial charge >= 0.3 is 0 Å². The lowest BCUT2D eigenvalue weighted by Crippen LogP contribution is -2.47. The number of hydrogen-bond donors (Lipinski definition) is 0. The number of amides is 3. The van der Waals surface area contributed by atoms with Crippen molar-refractivity contribution in [3.63, 3.8) is 0 Å². The Bertz CT molecular complexity index is 1360. The number of hydrogen-bond acceptors (Lipinski definition) is 6. The molecule has 0 bridgehead atoms. The Morgan fingerprint density at radius 3 is 2.55 bits per heavy atom. The van der Waals surface area contributed by atoms with E-state index in [1.807, 2.05) is 52.7 Å². The number of rotatable bonds is 5. The second-order valence-electron chi connectivity index (χ2n) is 10.7. The van der Waals surface area contributed by atoms with Gasteiger partial charge in [0.05, 0.1) is 35.0 Å². The molecule has 3 amide bonds. The third-order valence-electron chi connectivity index (χ3n) is 8.10.